The van der Waals surface area contributed by atoms with Crippen molar-refractivity contribution in [3.8, 4) is 0 Å². The van der Waals surface area contributed by atoms with Crippen molar-refractivity contribution in [3.05, 3.63) is 71.8 Å². The quantitative estimate of drug-likeness (QED) is 0.770. The van der Waals surface area contributed by atoms with Crippen molar-refractivity contribution in [1.29, 1.82) is 0 Å². The molecule has 116 valence electrons. The zero-order valence-corrected chi connectivity index (χ0v) is 13.7. The lowest BCUT2D eigenvalue weighted by Gasteiger charge is -2.25. The van der Waals surface area contributed by atoms with E-state index in [0.29, 0.717) is 12.3 Å². The van der Waals surface area contributed by atoms with E-state index in [1.807, 2.05) is 33.0 Å². The second kappa shape index (κ2) is 7.90. The molecule has 0 bridgehead atoms. The molecule has 0 N–H and O–H groups in total. The Kier molecular flexibility index (Phi) is 5.91. The first kappa shape index (κ1) is 16.4. The number of benzene rings is 2. The van der Waals surface area contributed by atoms with Crippen LogP contribution in [0.25, 0.3) is 0 Å². The minimum Gasteiger partial charge on any atom is -0.298 e. The minimum atomic E-state index is 0.0920. The fourth-order valence-corrected chi connectivity index (χ4v) is 2.60. The van der Waals surface area contributed by atoms with Crippen LogP contribution in [0.15, 0.2) is 60.7 Å². The molecule has 0 spiro atoms. The van der Waals surface area contributed by atoms with Gasteiger partial charge in [0.15, 0.2) is 0 Å². The largest absolute Gasteiger partial charge is 0.298 e. The molecule has 0 atom stereocenters. The highest BCUT2D eigenvalue weighted by Gasteiger charge is 2.18. The Morgan fingerprint density at radius 2 is 1.36 bits per heavy atom. The lowest BCUT2D eigenvalue weighted by molar-refractivity contribution is -0.122. The number of rotatable bonds is 7. The van der Waals surface area contributed by atoms with Gasteiger partial charge in [-0.2, -0.15) is 0 Å². The molecule has 22 heavy (non-hydrogen) atoms. The first-order valence-electron chi connectivity index (χ1n) is 7.89. The summed E-state index contributed by atoms with van der Waals surface area (Å²) in [7, 11) is 2.03. The summed E-state index contributed by atoms with van der Waals surface area (Å²) in [5.74, 6) is 0.670. The molecule has 2 aromatic rings. The van der Waals surface area contributed by atoms with Gasteiger partial charge in [0.25, 0.3) is 0 Å². The summed E-state index contributed by atoms with van der Waals surface area (Å²) >= 11 is 0. The van der Waals surface area contributed by atoms with Crippen molar-refractivity contribution in [2.45, 2.75) is 19.8 Å². The highest BCUT2D eigenvalue weighted by atomic mass is 16.1. The summed E-state index contributed by atoms with van der Waals surface area (Å²) in [6.45, 7) is 5.27. The van der Waals surface area contributed by atoms with Gasteiger partial charge in [0.05, 0.1) is 6.54 Å². The Hall–Kier alpha value is -1.93. The van der Waals surface area contributed by atoms with E-state index < -0.39 is 0 Å². The van der Waals surface area contributed by atoms with Crippen LogP contribution in [0.1, 0.15) is 30.9 Å². The average Bonchev–Trinajstić information content (AvgIpc) is 2.54. The van der Waals surface area contributed by atoms with E-state index in [2.05, 4.69) is 53.4 Å². The molecule has 0 aliphatic heterocycles. The molecule has 0 unspecified atom stereocenters. The number of hydrogen-bond acceptors (Lipinski definition) is 2. The monoisotopic (exact) mass is 295 g/mol. The van der Waals surface area contributed by atoms with Gasteiger partial charge in [0.2, 0.25) is 0 Å². The third-order valence-electron chi connectivity index (χ3n) is 3.97. The Labute approximate surface area is 133 Å². The van der Waals surface area contributed by atoms with Crippen molar-refractivity contribution >= 4 is 5.78 Å². The molecular weight excluding hydrogens is 270 g/mol. The fraction of sp³-hybridized carbons (Fsp3) is 0.350. The molecule has 0 heterocycles. The molecular formula is C20H25NO. The zero-order chi connectivity index (χ0) is 15.9. The van der Waals surface area contributed by atoms with Crippen LogP contribution in [0.5, 0.6) is 0 Å². The second-order valence-corrected chi connectivity index (χ2v) is 6.19. The van der Waals surface area contributed by atoms with Crippen LogP contribution < -0.4 is 0 Å². The Morgan fingerprint density at radius 3 is 1.77 bits per heavy atom. The number of carbonyl (C=O) groups excluding carboxylic acids is 1. The standard InChI is InChI=1S/C20H25NO/c1-16(2)20(22)15-21(3)14-19(17-10-6-4-7-11-17)18-12-8-5-9-13-18/h4-13,16,19H,14-15H2,1-3H3. The molecule has 2 nitrogen and oxygen atoms in total. The molecule has 2 aromatic carbocycles. The maximum atomic E-state index is 12.0. The Balaban J connectivity index is 2.17. The normalized spacial score (nSPS) is 11.4. The Morgan fingerprint density at radius 1 is 0.909 bits per heavy atom. The van der Waals surface area contributed by atoms with Crippen LogP contribution in [0.2, 0.25) is 0 Å². The maximum absolute atomic E-state index is 12.0. The molecule has 0 amide bonds. The fourth-order valence-electron chi connectivity index (χ4n) is 2.60. The van der Waals surface area contributed by atoms with E-state index in [1.165, 1.54) is 11.1 Å². The molecule has 0 saturated carbocycles. The van der Waals surface area contributed by atoms with Crippen LogP contribution in [0.4, 0.5) is 0 Å². The summed E-state index contributed by atoms with van der Waals surface area (Å²) in [5.41, 5.74) is 2.58. The average molecular weight is 295 g/mol. The van der Waals surface area contributed by atoms with Crippen molar-refractivity contribution in [2.24, 2.45) is 5.92 Å². The summed E-state index contributed by atoms with van der Waals surface area (Å²) in [6, 6.07) is 21.0. The van der Waals surface area contributed by atoms with Crippen LogP contribution in [0, 0.1) is 5.92 Å². The van der Waals surface area contributed by atoms with Crippen molar-refractivity contribution in [3.63, 3.8) is 0 Å². The van der Waals surface area contributed by atoms with Gasteiger partial charge < -0.3 is 0 Å². The van der Waals surface area contributed by atoms with Crippen LogP contribution in [-0.2, 0) is 4.79 Å². The number of Topliss-reactive ketones (excluding diaryl/α,β-unsaturated/α-hetero) is 1. The number of nitrogens with zero attached hydrogens (tertiary/aromatic N) is 1. The summed E-state index contributed by atoms with van der Waals surface area (Å²) in [6.07, 6.45) is 0. The summed E-state index contributed by atoms with van der Waals surface area (Å²) in [4.78, 5) is 14.1. The highest BCUT2D eigenvalue weighted by molar-refractivity contribution is 5.82. The third kappa shape index (κ3) is 4.54. The van der Waals surface area contributed by atoms with Crippen molar-refractivity contribution in [1.82, 2.24) is 4.90 Å². The maximum Gasteiger partial charge on any atom is 0.149 e. The number of likely N-dealkylation sites (N-methyl/N-ethyl adjacent to an activating group) is 1. The SMILES string of the molecule is CC(C)C(=O)CN(C)CC(c1ccccc1)c1ccccc1. The summed E-state index contributed by atoms with van der Waals surface area (Å²) < 4.78 is 0. The molecule has 2 rings (SSSR count). The lowest BCUT2D eigenvalue weighted by Crippen LogP contribution is -2.32. The Bertz CT molecular complexity index is 538. The van der Waals surface area contributed by atoms with Gasteiger partial charge in [-0.05, 0) is 18.2 Å². The smallest absolute Gasteiger partial charge is 0.149 e. The first-order chi connectivity index (χ1) is 10.6. The van der Waals surface area contributed by atoms with Crippen LogP contribution >= 0.6 is 0 Å². The second-order valence-electron chi connectivity index (χ2n) is 6.19. The highest BCUT2D eigenvalue weighted by Crippen LogP contribution is 2.25. The molecule has 0 fully saturated rings. The molecule has 0 saturated heterocycles. The van der Waals surface area contributed by atoms with E-state index in [0.717, 1.165) is 6.54 Å². The summed E-state index contributed by atoms with van der Waals surface area (Å²) in [5, 5.41) is 0. The lowest BCUT2D eigenvalue weighted by atomic mass is 9.91. The topological polar surface area (TPSA) is 20.3 Å². The van der Waals surface area contributed by atoms with E-state index >= 15 is 0 Å². The number of ketones is 1. The predicted molar refractivity (Wildman–Crippen MR) is 92.1 cm³/mol. The van der Waals surface area contributed by atoms with Gasteiger partial charge in [-0.25, -0.2) is 0 Å². The number of carbonyl (C=O) groups is 1. The van der Waals surface area contributed by atoms with Gasteiger partial charge in [-0.3, -0.25) is 9.69 Å². The predicted octanol–water partition coefficient (Wildman–Crippen LogP) is 3.98. The van der Waals surface area contributed by atoms with E-state index in [-0.39, 0.29) is 11.8 Å². The van der Waals surface area contributed by atoms with E-state index in [9.17, 15) is 4.79 Å². The van der Waals surface area contributed by atoms with Gasteiger partial charge >= 0.3 is 0 Å². The van der Waals surface area contributed by atoms with Gasteiger partial charge in [0.1, 0.15) is 5.78 Å². The first-order valence-corrected chi connectivity index (χ1v) is 7.89. The van der Waals surface area contributed by atoms with E-state index in [4.69, 9.17) is 0 Å². The third-order valence-corrected chi connectivity index (χ3v) is 3.97. The van der Waals surface area contributed by atoms with Gasteiger partial charge in [-0.1, -0.05) is 74.5 Å². The van der Waals surface area contributed by atoms with Gasteiger partial charge in [-0.15, -0.1) is 0 Å². The zero-order valence-electron chi connectivity index (χ0n) is 13.7. The van der Waals surface area contributed by atoms with Gasteiger partial charge in [0, 0.05) is 18.4 Å². The van der Waals surface area contributed by atoms with Crippen molar-refractivity contribution < 1.29 is 4.79 Å². The van der Waals surface area contributed by atoms with Crippen LogP contribution in [-0.4, -0.2) is 30.8 Å². The van der Waals surface area contributed by atoms with Crippen molar-refractivity contribution in [2.75, 3.05) is 20.1 Å². The number of hydrogen-bond donors (Lipinski definition) is 0. The molecule has 0 radical (unpaired) electrons. The molecule has 2 heteroatoms. The van der Waals surface area contributed by atoms with E-state index in [1.54, 1.807) is 0 Å². The van der Waals surface area contributed by atoms with Crippen LogP contribution in [0.3, 0.4) is 0 Å². The minimum absolute atomic E-state index is 0.0920. The molecule has 0 aromatic heterocycles. The molecule has 0 aliphatic rings. The molecule has 0 aliphatic carbocycles.